The van der Waals surface area contributed by atoms with E-state index < -0.39 is 59.4 Å². The minimum absolute atomic E-state index is 0.0925. The van der Waals surface area contributed by atoms with E-state index in [1.165, 1.54) is 18.2 Å². The molecule has 2 heterocycles. The SMILES string of the molecule is O=C(O)[C@@H]1O[C@H](Oc2c(-c3ccc(O)c(O)c3)oc3ccccc3c2=O)[C@@H](O)[C@H](O)[C@H]1O. The number of hydrogen-bond acceptors (Lipinski definition) is 10. The maximum absolute atomic E-state index is 13.2. The van der Waals surface area contributed by atoms with Crippen LogP contribution in [0.15, 0.2) is 51.7 Å². The Morgan fingerprint density at radius 2 is 1.66 bits per heavy atom. The zero-order valence-corrected chi connectivity index (χ0v) is 16.2. The van der Waals surface area contributed by atoms with Crippen molar-refractivity contribution in [1.29, 1.82) is 0 Å². The number of rotatable bonds is 4. The third kappa shape index (κ3) is 3.63. The average Bonchev–Trinajstić information content (AvgIpc) is 2.77. The number of hydrogen-bond donors (Lipinski definition) is 6. The van der Waals surface area contributed by atoms with Gasteiger partial charge in [0.2, 0.25) is 17.5 Å². The molecule has 1 aliphatic heterocycles. The number of ether oxygens (including phenoxy) is 2. The molecule has 1 saturated heterocycles. The number of carbonyl (C=O) groups is 1. The summed E-state index contributed by atoms with van der Waals surface area (Å²) in [4.78, 5) is 24.5. The lowest BCUT2D eigenvalue weighted by atomic mass is 9.99. The molecule has 0 aliphatic carbocycles. The first-order valence-electron chi connectivity index (χ1n) is 9.36. The largest absolute Gasteiger partial charge is 0.504 e. The normalized spacial score (nSPS) is 25.5. The molecule has 0 amide bonds. The number of carboxylic acids is 1. The highest BCUT2D eigenvalue weighted by atomic mass is 16.7. The van der Waals surface area contributed by atoms with Crippen molar-refractivity contribution >= 4 is 16.9 Å². The zero-order chi connectivity index (χ0) is 23.2. The number of fused-ring (bicyclic) bond motifs is 1. The van der Waals surface area contributed by atoms with E-state index >= 15 is 0 Å². The summed E-state index contributed by atoms with van der Waals surface area (Å²) >= 11 is 0. The van der Waals surface area contributed by atoms with Crippen molar-refractivity contribution in [3.8, 4) is 28.6 Å². The molecule has 2 aromatic carbocycles. The fraction of sp³-hybridized carbons (Fsp3) is 0.238. The Kier molecular flexibility index (Phi) is 5.48. The quantitative estimate of drug-likeness (QED) is 0.299. The predicted octanol–water partition coefficient (Wildman–Crippen LogP) is 0.142. The smallest absolute Gasteiger partial charge is 0.335 e. The molecule has 1 fully saturated rings. The molecule has 0 bridgehead atoms. The van der Waals surface area contributed by atoms with Gasteiger partial charge in [0.05, 0.1) is 5.39 Å². The Morgan fingerprint density at radius 3 is 2.34 bits per heavy atom. The number of aliphatic hydroxyl groups is 3. The topological polar surface area (TPSA) is 187 Å². The Balaban J connectivity index is 1.85. The summed E-state index contributed by atoms with van der Waals surface area (Å²) in [5.74, 6) is -3.28. The van der Waals surface area contributed by atoms with Crippen LogP contribution >= 0.6 is 0 Å². The van der Waals surface area contributed by atoms with Crippen LogP contribution in [-0.4, -0.2) is 67.3 Å². The Morgan fingerprint density at radius 1 is 0.938 bits per heavy atom. The van der Waals surface area contributed by atoms with Crippen LogP contribution in [0.1, 0.15) is 0 Å². The molecule has 0 spiro atoms. The van der Waals surface area contributed by atoms with Gasteiger partial charge in [-0.25, -0.2) is 4.79 Å². The van der Waals surface area contributed by atoms with Gasteiger partial charge in [-0.3, -0.25) is 4.79 Å². The molecule has 11 heteroatoms. The molecule has 11 nitrogen and oxygen atoms in total. The molecule has 4 rings (SSSR count). The van der Waals surface area contributed by atoms with Gasteiger partial charge >= 0.3 is 5.97 Å². The van der Waals surface area contributed by atoms with Crippen LogP contribution in [0.2, 0.25) is 0 Å². The zero-order valence-electron chi connectivity index (χ0n) is 16.2. The number of phenolic OH excluding ortho intramolecular Hbond substituents is 2. The number of aliphatic hydroxyl groups excluding tert-OH is 3. The molecule has 168 valence electrons. The van der Waals surface area contributed by atoms with Crippen molar-refractivity contribution in [1.82, 2.24) is 0 Å². The van der Waals surface area contributed by atoms with Crippen molar-refractivity contribution in [3.63, 3.8) is 0 Å². The summed E-state index contributed by atoms with van der Waals surface area (Å²) < 4.78 is 16.4. The molecule has 1 aliphatic rings. The summed E-state index contributed by atoms with van der Waals surface area (Å²) in [6, 6.07) is 9.72. The molecule has 5 atom stereocenters. The highest BCUT2D eigenvalue weighted by molar-refractivity contribution is 5.82. The maximum atomic E-state index is 13.2. The minimum Gasteiger partial charge on any atom is -0.504 e. The molecule has 3 aromatic rings. The van der Waals surface area contributed by atoms with Gasteiger partial charge < -0.3 is 44.5 Å². The van der Waals surface area contributed by atoms with Crippen molar-refractivity contribution in [2.24, 2.45) is 0 Å². The number of para-hydroxylation sites is 1. The fourth-order valence-corrected chi connectivity index (χ4v) is 3.35. The van der Waals surface area contributed by atoms with Gasteiger partial charge in [0.15, 0.2) is 23.4 Å². The molecular formula is C21H18O11. The molecule has 0 unspecified atom stereocenters. The maximum Gasteiger partial charge on any atom is 0.335 e. The van der Waals surface area contributed by atoms with E-state index in [-0.39, 0.29) is 22.3 Å². The van der Waals surface area contributed by atoms with Crippen LogP contribution in [0.3, 0.4) is 0 Å². The van der Waals surface area contributed by atoms with E-state index in [1.54, 1.807) is 12.1 Å². The van der Waals surface area contributed by atoms with Gasteiger partial charge in [-0.15, -0.1) is 0 Å². The lowest BCUT2D eigenvalue weighted by Crippen LogP contribution is -2.61. The lowest BCUT2D eigenvalue weighted by molar-refractivity contribution is -0.271. The monoisotopic (exact) mass is 446 g/mol. The van der Waals surface area contributed by atoms with Gasteiger partial charge in [0, 0.05) is 5.56 Å². The number of benzene rings is 2. The van der Waals surface area contributed by atoms with Crippen molar-refractivity contribution in [3.05, 3.63) is 52.7 Å². The third-order valence-electron chi connectivity index (χ3n) is 5.04. The van der Waals surface area contributed by atoms with Gasteiger partial charge in [0.1, 0.15) is 23.9 Å². The van der Waals surface area contributed by atoms with Crippen LogP contribution in [0.4, 0.5) is 0 Å². The highest BCUT2D eigenvalue weighted by Crippen LogP contribution is 2.37. The lowest BCUT2D eigenvalue weighted by Gasteiger charge is -2.38. The van der Waals surface area contributed by atoms with Crippen LogP contribution in [0.25, 0.3) is 22.3 Å². The van der Waals surface area contributed by atoms with E-state index in [0.717, 1.165) is 12.1 Å². The molecule has 6 N–H and O–H groups in total. The first-order valence-corrected chi connectivity index (χ1v) is 9.36. The first kappa shape index (κ1) is 21.6. The second-order valence-corrected chi connectivity index (χ2v) is 7.14. The van der Waals surface area contributed by atoms with E-state index in [2.05, 4.69) is 0 Å². The van der Waals surface area contributed by atoms with E-state index in [0.29, 0.717) is 0 Å². The second kappa shape index (κ2) is 8.13. The van der Waals surface area contributed by atoms with Gasteiger partial charge in [-0.05, 0) is 30.3 Å². The first-order chi connectivity index (χ1) is 15.2. The molecule has 0 saturated carbocycles. The summed E-state index contributed by atoms with van der Waals surface area (Å²) in [5.41, 5.74) is -0.437. The molecule has 0 radical (unpaired) electrons. The van der Waals surface area contributed by atoms with Crippen LogP contribution in [0, 0.1) is 0 Å². The van der Waals surface area contributed by atoms with Gasteiger partial charge in [-0.2, -0.15) is 0 Å². The fourth-order valence-electron chi connectivity index (χ4n) is 3.35. The van der Waals surface area contributed by atoms with Gasteiger partial charge in [0.25, 0.3) is 0 Å². The number of aromatic hydroxyl groups is 2. The minimum atomic E-state index is -1.94. The van der Waals surface area contributed by atoms with Gasteiger partial charge in [-0.1, -0.05) is 12.1 Å². The third-order valence-corrected chi connectivity index (χ3v) is 5.04. The standard InChI is InChI=1S/C21H18O11/c22-10-6-5-8(7-11(10)23)17-18(13(24)9-3-1-2-4-12(9)30-17)31-21-16(27)14(25)15(26)19(32-21)20(28)29/h1-7,14-16,19,21-23,25-27H,(H,28,29)/t14-,15-,16+,19-,21+/m1/s1. The molecule has 1 aromatic heterocycles. The number of phenols is 2. The summed E-state index contributed by atoms with van der Waals surface area (Å²) in [5, 5.41) is 58.9. The summed E-state index contributed by atoms with van der Waals surface area (Å²) in [6.45, 7) is 0. The summed E-state index contributed by atoms with van der Waals surface area (Å²) in [6.07, 6.45) is -9.59. The van der Waals surface area contributed by atoms with E-state index in [9.17, 15) is 40.2 Å². The summed E-state index contributed by atoms with van der Waals surface area (Å²) in [7, 11) is 0. The van der Waals surface area contributed by atoms with E-state index in [1.807, 2.05) is 0 Å². The Bertz CT molecular complexity index is 1230. The van der Waals surface area contributed by atoms with Crippen LogP contribution < -0.4 is 10.2 Å². The highest BCUT2D eigenvalue weighted by Gasteiger charge is 2.48. The Labute approximate surface area is 178 Å². The number of carboxylic acid groups (broad SMARTS) is 1. The predicted molar refractivity (Wildman–Crippen MR) is 106 cm³/mol. The molecular weight excluding hydrogens is 428 g/mol. The van der Waals surface area contributed by atoms with Crippen LogP contribution in [-0.2, 0) is 9.53 Å². The van der Waals surface area contributed by atoms with Crippen molar-refractivity contribution in [2.75, 3.05) is 0 Å². The number of aliphatic carboxylic acids is 1. The van der Waals surface area contributed by atoms with Crippen molar-refractivity contribution in [2.45, 2.75) is 30.7 Å². The van der Waals surface area contributed by atoms with Crippen molar-refractivity contribution < 1.29 is 49.3 Å². The van der Waals surface area contributed by atoms with E-state index in [4.69, 9.17) is 13.9 Å². The average molecular weight is 446 g/mol. The Hall–Kier alpha value is -3.64. The second-order valence-electron chi connectivity index (χ2n) is 7.14. The molecule has 32 heavy (non-hydrogen) atoms. The van der Waals surface area contributed by atoms with Crippen LogP contribution in [0.5, 0.6) is 17.2 Å².